The Morgan fingerprint density at radius 3 is 2.61 bits per heavy atom. The fourth-order valence-electron chi connectivity index (χ4n) is 5.57. The summed E-state index contributed by atoms with van der Waals surface area (Å²) in [6, 6.07) is 9.63. The molecule has 1 aliphatic rings. The Labute approximate surface area is 192 Å². The normalized spacial score (nSPS) is 21.3. The summed E-state index contributed by atoms with van der Waals surface area (Å²) in [5.41, 5.74) is 5.49. The van der Waals surface area contributed by atoms with Crippen LogP contribution in [0.25, 0.3) is 27.5 Å². The van der Waals surface area contributed by atoms with Gasteiger partial charge >= 0.3 is 5.97 Å². The maximum atomic E-state index is 14.1. The van der Waals surface area contributed by atoms with Gasteiger partial charge in [0.15, 0.2) is 0 Å². The number of carboxylic acids is 1. The lowest BCUT2D eigenvalue weighted by molar-refractivity contribution is -0.149. The van der Waals surface area contributed by atoms with Crippen molar-refractivity contribution in [2.75, 3.05) is 0 Å². The van der Waals surface area contributed by atoms with E-state index in [4.69, 9.17) is 0 Å². The van der Waals surface area contributed by atoms with Crippen molar-refractivity contribution in [2.24, 2.45) is 5.41 Å². The molecule has 4 aromatic rings. The SMILES string of the molecule is Cc1cc(-n2c(C(C)C)c([C@H]3CC[C@](C)(C(=O)O)CC3)c3cc4[nH]ncc4cc32)ccc1F. The molecule has 0 spiro atoms. The van der Waals surface area contributed by atoms with Crippen LogP contribution in [0.2, 0.25) is 0 Å². The third-order valence-electron chi connectivity index (χ3n) is 7.56. The first-order valence-electron chi connectivity index (χ1n) is 11.7. The quantitative estimate of drug-likeness (QED) is 0.360. The van der Waals surface area contributed by atoms with Crippen LogP contribution in [0.3, 0.4) is 0 Å². The molecule has 1 fully saturated rings. The molecule has 0 aliphatic heterocycles. The van der Waals surface area contributed by atoms with Gasteiger partial charge < -0.3 is 9.67 Å². The van der Waals surface area contributed by atoms with Crippen LogP contribution in [0, 0.1) is 18.2 Å². The van der Waals surface area contributed by atoms with Crippen molar-refractivity contribution in [3.8, 4) is 5.69 Å². The van der Waals surface area contributed by atoms with Crippen LogP contribution >= 0.6 is 0 Å². The number of aromatic amines is 1. The number of aromatic nitrogens is 3. The predicted octanol–water partition coefficient (Wildman–Crippen LogP) is 6.83. The largest absolute Gasteiger partial charge is 0.481 e. The van der Waals surface area contributed by atoms with Crippen LogP contribution in [0.1, 0.15) is 75.1 Å². The molecule has 6 heteroatoms. The molecule has 0 radical (unpaired) electrons. The van der Waals surface area contributed by atoms with Crippen LogP contribution in [0.5, 0.6) is 0 Å². The smallest absolute Gasteiger partial charge is 0.309 e. The second-order valence-electron chi connectivity index (χ2n) is 10.2. The minimum atomic E-state index is -0.701. The van der Waals surface area contributed by atoms with E-state index in [-0.39, 0.29) is 17.7 Å². The average Bonchev–Trinajstić information content (AvgIpc) is 3.36. The third-order valence-corrected chi connectivity index (χ3v) is 7.56. The van der Waals surface area contributed by atoms with Crippen LogP contribution < -0.4 is 0 Å². The Morgan fingerprint density at radius 1 is 1.24 bits per heavy atom. The fourth-order valence-corrected chi connectivity index (χ4v) is 5.57. The van der Waals surface area contributed by atoms with E-state index in [1.54, 1.807) is 6.92 Å². The van der Waals surface area contributed by atoms with Gasteiger partial charge in [0.2, 0.25) is 0 Å². The minimum absolute atomic E-state index is 0.209. The van der Waals surface area contributed by atoms with Crippen LogP contribution in [0.15, 0.2) is 36.5 Å². The van der Waals surface area contributed by atoms with Gasteiger partial charge in [-0.3, -0.25) is 9.89 Å². The van der Waals surface area contributed by atoms with Gasteiger partial charge in [0.1, 0.15) is 5.82 Å². The Morgan fingerprint density at radius 2 is 1.97 bits per heavy atom. The monoisotopic (exact) mass is 447 g/mol. The van der Waals surface area contributed by atoms with Gasteiger partial charge in [-0.25, -0.2) is 4.39 Å². The molecule has 0 unspecified atom stereocenters. The second kappa shape index (κ2) is 7.72. The van der Waals surface area contributed by atoms with E-state index >= 15 is 0 Å². The molecule has 0 saturated heterocycles. The molecular weight excluding hydrogens is 417 g/mol. The highest BCUT2D eigenvalue weighted by molar-refractivity contribution is 5.99. The average molecular weight is 448 g/mol. The first kappa shape index (κ1) is 21.7. The second-order valence-corrected chi connectivity index (χ2v) is 10.2. The molecule has 2 N–H and O–H groups in total. The molecule has 2 aromatic heterocycles. The lowest BCUT2D eigenvalue weighted by atomic mass is 9.69. The summed E-state index contributed by atoms with van der Waals surface area (Å²) in [6.45, 7) is 8.06. The molecule has 33 heavy (non-hydrogen) atoms. The number of hydrogen-bond acceptors (Lipinski definition) is 2. The lowest BCUT2D eigenvalue weighted by Crippen LogP contribution is -2.32. The highest BCUT2D eigenvalue weighted by atomic mass is 19.1. The number of carbonyl (C=O) groups is 1. The highest BCUT2D eigenvalue weighted by Gasteiger charge is 2.39. The maximum absolute atomic E-state index is 14.1. The van der Waals surface area contributed by atoms with Crippen molar-refractivity contribution in [3.63, 3.8) is 0 Å². The van der Waals surface area contributed by atoms with Gasteiger partial charge in [0, 0.05) is 22.2 Å². The van der Waals surface area contributed by atoms with Crippen molar-refractivity contribution in [1.82, 2.24) is 14.8 Å². The number of rotatable bonds is 4. The zero-order valence-corrected chi connectivity index (χ0v) is 19.6. The van der Waals surface area contributed by atoms with Gasteiger partial charge in [0.05, 0.1) is 22.6 Å². The van der Waals surface area contributed by atoms with Crippen LogP contribution in [-0.2, 0) is 4.79 Å². The molecular formula is C27H30FN3O2. The van der Waals surface area contributed by atoms with E-state index in [9.17, 15) is 14.3 Å². The number of nitrogens with one attached hydrogen (secondary N) is 1. The highest BCUT2D eigenvalue weighted by Crippen LogP contribution is 2.48. The summed E-state index contributed by atoms with van der Waals surface area (Å²) < 4.78 is 16.4. The Balaban J connectivity index is 1.77. The number of H-pyrrole nitrogens is 1. The molecule has 5 rings (SSSR count). The number of hydrogen-bond donors (Lipinski definition) is 2. The van der Waals surface area contributed by atoms with Crippen molar-refractivity contribution >= 4 is 27.8 Å². The molecule has 2 aromatic carbocycles. The summed E-state index contributed by atoms with van der Waals surface area (Å²) in [7, 11) is 0. The Kier molecular flexibility index (Phi) is 5.07. The van der Waals surface area contributed by atoms with E-state index < -0.39 is 11.4 Å². The standard InChI is InChI=1S/C27H30FN3O2/c1-15(2)25-24(17-7-9-27(4,10-8-17)26(32)33)20-13-22-18(14-29-30-22)12-23(20)31(25)19-5-6-21(28)16(3)11-19/h5-6,11-15,17H,7-10H2,1-4H3,(H,29,30)(H,32,33)/t17-,27-. The van der Waals surface area contributed by atoms with Gasteiger partial charge in [-0.1, -0.05) is 13.8 Å². The van der Waals surface area contributed by atoms with Crippen LogP contribution in [0.4, 0.5) is 4.39 Å². The van der Waals surface area contributed by atoms with Crippen molar-refractivity contribution in [2.45, 2.75) is 65.2 Å². The summed E-state index contributed by atoms with van der Waals surface area (Å²) in [5, 5.41) is 19.2. The van der Waals surface area contributed by atoms with Gasteiger partial charge in [-0.15, -0.1) is 0 Å². The zero-order chi connectivity index (χ0) is 23.5. The molecule has 0 atom stereocenters. The molecule has 0 amide bonds. The third kappa shape index (κ3) is 3.43. The number of nitrogens with zero attached hydrogens (tertiary/aromatic N) is 2. The maximum Gasteiger partial charge on any atom is 0.309 e. The molecule has 172 valence electrons. The van der Waals surface area contributed by atoms with Gasteiger partial charge in [0.25, 0.3) is 0 Å². The number of aliphatic carboxylic acids is 1. The van der Waals surface area contributed by atoms with E-state index in [0.29, 0.717) is 18.4 Å². The first-order chi connectivity index (χ1) is 15.7. The van der Waals surface area contributed by atoms with E-state index in [0.717, 1.165) is 34.9 Å². The Hall–Kier alpha value is -3.15. The first-order valence-corrected chi connectivity index (χ1v) is 11.7. The molecule has 5 nitrogen and oxygen atoms in total. The predicted molar refractivity (Wildman–Crippen MR) is 129 cm³/mol. The summed E-state index contributed by atoms with van der Waals surface area (Å²) >= 11 is 0. The molecule has 0 bridgehead atoms. The van der Waals surface area contributed by atoms with Crippen molar-refractivity contribution < 1.29 is 14.3 Å². The fraction of sp³-hybridized carbons (Fsp3) is 0.407. The number of aryl methyl sites for hydroxylation is 1. The summed E-state index contributed by atoms with van der Waals surface area (Å²) in [6.07, 6.45) is 4.84. The number of halogens is 1. The van der Waals surface area contributed by atoms with E-state index in [1.807, 2.05) is 25.3 Å². The number of benzene rings is 2. The van der Waals surface area contributed by atoms with E-state index in [1.165, 1.54) is 22.7 Å². The Bertz CT molecular complexity index is 1370. The van der Waals surface area contributed by atoms with Crippen molar-refractivity contribution in [3.05, 3.63) is 59.2 Å². The molecule has 1 aliphatic carbocycles. The van der Waals surface area contributed by atoms with E-state index in [2.05, 4.69) is 40.7 Å². The molecule has 2 heterocycles. The summed E-state index contributed by atoms with van der Waals surface area (Å²) in [4.78, 5) is 11.8. The zero-order valence-electron chi connectivity index (χ0n) is 19.6. The summed E-state index contributed by atoms with van der Waals surface area (Å²) in [5.74, 6) is -0.394. The van der Waals surface area contributed by atoms with Crippen molar-refractivity contribution in [1.29, 1.82) is 0 Å². The minimum Gasteiger partial charge on any atom is -0.481 e. The number of carboxylic acid groups (broad SMARTS) is 1. The number of fused-ring (bicyclic) bond motifs is 2. The topological polar surface area (TPSA) is 70.9 Å². The van der Waals surface area contributed by atoms with Crippen LogP contribution in [-0.4, -0.2) is 25.8 Å². The van der Waals surface area contributed by atoms with Gasteiger partial charge in [-0.05, 0) is 92.8 Å². The lowest BCUT2D eigenvalue weighted by Gasteiger charge is -2.34. The van der Waals surface area contributed by atoms with Gasteiger partial charge in [-0.2, -0.15) is 5.10 Å². The molecule has 1 saturated carbocycles.